The topological polar surface area (TPSA) is 46.0 Å². The molecule has 0 aromatic carbocycles. The summed E-state index contributed by atoms with van der Waals surface area (Å²) in [5.74, 6) is 0. The van der Waals surface area contributed by atoms with Crippen LogP contribution in [0.25, 0.3) is 0 Å². The minimum atomic E-state index is -4.60. The third kappa shape index (κ3) is 3.03. The zero-order chi connectivity index (χ0) is 14.9. The Labute approximate surface area is 122 Å². The van der Waals surface area contributed by atoms with Gasteiger partial charge < -0.3 is 5.11 Å². The van der Waals surface area contributed by atoms with E-state index in [0.29, 0.717) is 0 Å². The van der Waals surface area contributed by atoms with Crippen LogP contribution < -0.4 is 0 Å². The van der Waals surface area contributed by atoms with Crippen molar-refractivity contribution in [1.29, 1.82) is 0 Å². The Kier molecular flexibility index (Phi) is 4.17. The maximum atomic E-state index is 12.5. The van der Waals surface area contributed by atoms with Crippen molar-refractivity contribution in [2.75, 3.05) is 0 Å². The normalized spacial score (nSPS) is 13.3. The van der Waals surface area contributed by atoms with Gasteiger partial charge in [-0.25, -0.2) is 4.98 Å². The van der Waals surface area contributed by atoms with Crippen LogP contribution in [0.4, 0.5) is 13.2 Å². The number of nitrogens with zero attached hydrogens (tertiary/aromatic N) is 2. The highest BCUT2D eigenvalue weighted by atomic mass is 35.5. The molecule has 2 aromatic rings. The highest BCUT2D eigenvalue weighted by Crippen LogP contribution is 2.34. The first-order chi connectivity index (χ1) is 9.30. The number of hydrogen-bond donors (Lipinski definition) is 1. The van der Waals surface area contributed by atoms with Crippen molar-refractivity contribution in [3.63, 3.8) is 0 Å². The molecule has 1 atom stereocenters. The molecular weight excluding hydrogens is 316 g/mol. The van der Waals surface area contributed by atoms with Gasteiger partial charge >= 0.3 is 6.18 Å². The van der Waals surface area contributed by atoms with Gasteiger partial charge in [0, 0.05) is 23.5 Å². The highest BCUT2D eigenvalue weighted by Gasteiger charge is 2.33. The lowest BCUT2D eigenvalue weighted by Gasteiger charge is -2.15. The Morgan fingerprint density at radius 1 is 1.10 bits per heavy atom. The summed E-state index contributed by atoms with van der Waals surface area (Å²) in [4.78, 5) is 6.99. The van der Waals surface area contributed by atoms with Gasteiger partial charge in [-0.3, -0.25) is 4.98 Å². The summed E-state index contributed by atoms with van der Waals surface area (Å²) in [6.07, 6.45) is -3.17. The maximum Gasteiger partial charge on any atom is 0.433 e. The molecule has 0 amide bonds. The van der Waals surface area contributed by atoms with E-state index in [1.54, 1.807) is 0 Å². The van der Waals surface area contributed by atoms with Gasteiger partial charge in [-0.2, -0.15) is 13.2 Å². The van der Waals surface area contributed by atoms with Crippen molar-refractivity contribution >= 4 is 23.2 Å². The molecule has 0 aliphatic rings. The average molecular weight is 323 g/mol. The molecule has 2 heterocycles. The Balaban J connectivity index is 2.42. The predicted molar refractivity (Wildman–Crippen MR) is 67.6 cm³/mol. The van der Waals surface area contributed by atoms with Crippen molar-refractivity contribution in [2.45, 2.75) is 12.3 Å². The fraction of sp³-hybridized carbons (Fsp3) is 0.167. The zero-order valence-corrected chi connectivity index (χ0v) is 11.2. The Morgan fingerprint density at radius 3 is 2.35 bits per heavy atom. The second-order valence-corrected chi connectivity index (χ2v) is 4.64. The lowest BCUT2D eigenvalue weighted by Crippen LogP contribution is -2.10. The molecule has 0 saturated carbocycles. The minimum Gasteiger partial charge on any atom is -0.383 e. The summed E-state index contributed by atoms with van der Waals surface area (Å²) in [6.45, 7) is 0. The molecule has 2 rings (SSSR count). The molecule has 106 valence electrons. The first-order valence-electron chi connectivity index (χ1n) is 5.32. The van der Waals surface area contributed by atoms with Gasteiger partial charge in [0.25, 0.3) is 0 Å². The molecule has 0 aliphatic carbocycles. The third-order valence-electron chi connectivity index (χ3n) is 2.56. The molecule has 0 saturated heterocycles. The summed E-state index contributed by atoms with van der Waals surface area (Å²) in [5.41, 5.74) is -0.808. The van der Waals surface area contributed by atoms with Crippen LogP contribution in [0.5, 0.6) is 0 Å². The Hall–Kier alpha value is -1.37. The number of pyridine rings is 2. The second kappa shape index (κ2) is 5.55. The van der Waals surface area contributed by atoms with Crippen LogP contribution in [0.1, 0.15) is 22.9 Å². The van der Waals surface area contributed by atoms with Gasteiger partial charge in [0.15, 0.2) is 0 Å². The lowest BCUT2D eigenvalue weighted by atomic mass is 10.0. The number of aliphatic hydroxyl groups excluding tert-OH is 1. The molecular formula is C12H7Cl2F3N2O. The van der Waals surface area contributed by atoms with E-state index in [9.17, 15) is 18.3 Å². The van der Waals surface area contributed by atoms with Crippen LogP contribution in [-0.4, -0.2) is 15.1 Å². The molecule has 0 radical (unpaired) electrons. The van der Waals surface area contributed by atoms with Crippen molar-refractivity contribution in [2.24, 2.45) is 0 Å². The van der Waals surface area contributed by atoms with E-state index in [1.165, 1.54) is 18.5 Å². The van der Waals surface area contributed by atoms with Crippen LogP contribution in [-0.2, 0) is 6.18 Å². The van der Waals surface area contributed by atoms with Gasteiger partial charge in [-0.1, -0.05) is 29.3 Å². The number of aliphatic hydroxyl groups is 1. The predicted octanol–water partition coefficient (Wildman–Crippen LogP) is 3.88. The van der Waals surface area contributed by atoms with Crippen molar-refractivity contribution in [3.05, 3.63) is 57.6 Å². The highest BCUT2D eigenvalue weighted by molar-refractivity contribution is 6.31. The van der Waals surface area contributed by atoms with Crippen LogP contribution in [0.2, 0.25) is 10.2 Å². The van der Waals surface area contributed by atoms with Crippen molar-refractivity contribution < 1.29 is 18.3 Å². The van der Waals surface area contributed by atoms with Crippen molar-refractivity contribution in [3.8, 4) is 0 Å². The third-order valence-corrected chi connectivity index (χ3v) is 3.18. The lowest BCUT2D eigenvalue weighted by molar-refractivity contribution is -0.141. The van der Waals surface area contributed by atoms with Gasteiger partial charge in [0.05, 0.1) is 5.02 Å². The quantitative estimate of drug-likeness (QED) is 0.853. The van der Waals surface area contributed by atoms with E-state index in [1.807, 2.05) is 0 Å². The molecule has 0 fully saturated rings. The molecule has 0 bridgehead atoms. The monoisotopic (exact) mass is 322 g/mol. The fourth-order valence-corrected chi connectivity index (χ4v) is 2.06. The van der Waals surface area contributed by atoms with Crippen LogP contribution in [0, 0.1) is 0 Å². The van der Waals surface area contributed by atoms with E-state index < -0.39 is 23.1 Å². The number of halogens is 5. The van der Waals surface area contributed by atoms with Crippen LogP contribution in [0.3, 0.4) is 0 Å². The number of aromatic nitrogens is 2. The summed E-state index contributed by atoms with van der Waals surface area (Å²) < 4.78 is 37.4. The fourth-order valence-electron chi connectivity index (χ4n) is 1.58. The molecule has 1 N–H and O–H groups in total. The van der Waals surface area contributed by atoms with Crippen LogP contribution >= 0.6 is 23.2 Å². The van der Waals surface area contributed by atoms with E-state index in [-0.39, 0.29) is 16.1 Å². The van der Waals surface area contributed by atoms with Gasteiger partial charge in [0.2, 0.25) is 0 Å². The molecule has 20 heavy (non-hydrogen) atoms. The standard InChI is InChI=1S/C12H7Cl2F3N2O/c13-8-5-18-4-3-6(8)10(20)7-1-2-9(12(15,16)17)19-11(7)14/h1-5,10,20H. The first-order valence-corrected chi connectivity index (χ1v) is 6.07. The molecule has 8 heteroatoms. The average Bonchev–Trinajstić information content (AvgIpc) is 2.37. The van der Waals surface area contributed by atoms with Gasteiger partial charge in [-0.05, 0) is 12.1 Å². The number of alkyl halides is 3. The van der Waals surface area contributed by atoms with Crippen molar-refractivity contribution in [1.82, 2.24) is 9.97 Å². The summed E-state index contributed by atoms with van der Waals surface area (Å²) >= 11 is 11.6. The second-order valence-electron chi connectivity index (χ2n) is 3.87. The SMILES string of the molecule is OC(c1ccncc1Cl)c1ccc(C(F)(F)F)nc1Cl. The minimum absolute atomic E-state index is 0.0350. The molecule has 2 aromatic heterocycles. The largest absolute Gasteiger partial charge is 0.433 e. The molecule has 0 spiro atoms. The molecule has 1 unspecified atom stereocenters. The van der Waals surface area contributed by atoms with Gasteiger partial charge in [-0.15, -0.1) is 0 Å². The first kappa shape index (κ1) is 15.0. The van der Waals surface area contributed by atoms with Gasteiger partial charge in [0.1, 0.15) is 17.0 Å². The number of rotatable bonds is 2. The summed E-state index contributed by atoms with van der Waals surface area (Å²) in [5, 5.41) is 9.88. The van der Waals surface area contributed by atoms with E-state index in [2.05, 4.69) is 9.97 Å². The zero-order valence-electron chi connectivity index (χ0n) is 9.70. The van der Waals surface area contributed by atoms with E-state index in [0.717, 1.165) is 12.1 Å². The van der Waals surface area contributed by atoms with E-state index >= 15 is 0 Å². The molecule has 3 nitrogen and oxygen atoms in total. The molecule has 0 aliphatic heterocycles. The maximum absolute atomic E-state index is 12.5. The Morgan fingerprint density at radius 2 is 1.80 bits per heavy atom. The number of hydrogen-bond acceptors (Lipinski definition) is 3. The van der Waals surface area contributed by atoms with E-state index in [4.69, 9.17) is 23.2 Å². The van der Waals surface area contributed by atoms with Crippen LogP contribution in [0.15, 0.2) is 30.6 Å². The smallest absolute Gasteiger partial charge is 0.383 e. The summed E-state index contributed by atoms with van der Waals surface area (Å²) in [7, 11) is 0. The summed E-state index contributed by atoms with van der Waals surface area (Å²) in [6, 6.07) is 3.26. The Bertz CT molecular complexity index is 634.